The van der Waals surface area contributed by atoms with Gasteiger partial charge in [-0.2, -0.15) is 0 Å². The van der Waals surface area contributed by atoms with Crippen LogP contribution in [0, 0.1) is 6.92 Å². The predicted octanol–water partition coefficient (Wildman–Crippen LogP) is 4.61. The molecule has 170 valence electrons. The molecule has 8 heteroatoms. The maximum atomic E-state index is 12.5. The molecule has 2 heterocycles. The first-order valence-electron chi connectivity index (χ1n) is 10.8. The molecule has 0 saturated carbocycles. The molecule has 1 amide bonds. The molecule has 8 nitrogen and oxygen atoms in total. The van der Waals surface area contributed by atoms with Gasteiger partial charge in [-0.15, -0.1) is 10.2 Å². The van der Waals surface area contributed by atoms with Crippen LogP contribution in [-0.2, 0) is 6.54 Å². The maximum absolute atomic E-state index is 12.5. The normalized spacial score (nSPS) is 14.4. The number of aromatic nitrogens is 3. The number of hydrogen-bond donors (Lipinski definition) is 1. The van der Waals surface area contributed by atoms with E-state index in [1.165, 1.54) is 4.90 Å². The standard InChI is InChI=1S/C26H23N5O3/c1-17-28-29-25-24(30(26(32)33)16-18-9-5-3-6-10-18)27-23(19-11-7-4-8-12-19)21-15-20(34-2)13-14-22(21)31(17)25/h3-15,24H,16H2,1-2H3,(H,32,33). The summed E-state index contributed by atoms with van der Waals surface area (Å²) in [6.45, 7) is 2.00. The minimum atomic E-state index is -1.10. The Labute approximate surface area is 196 Å². The summed E-state index contributed by atoms with van der Waals surface area (Å²) in [4.78, 5) is 18.8. The largest absolute Gasteiger partial charge is 0.497 e. The molecule has 1 atom stereocenters. The van der Waals surface area contributed by atoms with Gasteiger partial charge in [-0.05, 0) is 30.7 Å². The second kappa shape index (κ2) is 8.82. The third-order valence-corrected chi connectivity index (χ3v) is 5.82. The lowest BCUT2D eigenvalue weighted by Crippen LogP contribution is -2.34. The summed E-state index contributed by atoms with van der Waals surface area (Å²) < 4.78 is 7.37. The molecule has 0 saturated heterocycles. The molecular weight excluding hydrogens is 430 g/mol. The van der Waals surface area contributed by atoms with Crippen LogP contribution in [-0.4, -0.2) is 43.7 Å². The van der Waals surface area contributed by atoms with E-state index in [1.807, 2.05) is 90.4 Å². The second-order valence-electron chi connectivity index (χ2n) is 7.94. The summed E-state index contributed by atoms with van der Waals surface area (Å²) in [5.41, 5.74) is 4.00. The Morgan fingerprint density at radius 1 is 1.03 bits per heavy atom. The topological polar surface area (TPSA) is 92.8 Å². The van der Waals surface area contributed by atoms with Crippen LogP contribution in [0.5, 0.6) is 5.75 Å². The van der Waals surface area contributed by atoms with Crippen LogP contribution in [0.3, 0.4) is 0 Å². The van der Waals surface area contributed by atoms with Crippen molar-refractivity contribution in [1.82, 2.24) is 19.7 Å². The number of methoxy groups -OCH3 is 1. The van der Waals surface area contributed by atoms with Crippen molar-refractivity contribution in [3.8, 4) is 11.4 Å². The van der Waals surface area contributed by atoms with Crippen molar-refractivity contribution in [2.75, 3.05) is 7.11 Å². The molecule has 0 radical (unpaired) electrons. The lowest BCUT2D eigenvalue weighted by atomic mass is 10.00. The number of benzene rings is 3. The van der Waals surface area contributed by atoms with Gasteiger partial charge < -0.3 is 9.84 Å². The van der Waals surface area contributed by atoms with E-state index in [0.29, 0.717) is 23.1 Å². The van der Waals surface area contributed by atoms with Crippen LogP contribution in [0.25, 0.3) is 5.69 Å². The van der Waals surface area contributed by atoms with Gasteiger partial charge in [-0.25, -0.2) is 4.79 Å². The molecular formula is C26H23N5O3. The number of hydrogen-bond acceptors (Lipinski definition) is 5. The average Bonchev–Trinajstić information content (AvgIpc) is 3.18. The summed E-state index contributed by atoms with van der Waals surface area (Å²) in [7, 11) is 1.61. The van der Waals surface area contributed by atoms with Gasteiger partial charge in [0.2, 0.25) is 0 Å². The Bertz CT molecular complexity index is 1370. The number of amides is 1. The maximum Gasteiger partial charge on any atom is 0.409 e. The van der Waals surface area contributed by atoms with E-state index in [0.717, 1.165) is 22.4 Å². The summed E-state index contributed by atoms with van der Waals surface area (Å²) in [5, 5.41) is 18.9. The predicted molar refractivity (Wildman–Crippen MR) is 127 cm³/mol. The van der Waals surface area contributed by atoms with Crippen molar-refractivity contribution in [3.63, 3.8) is 0 Å². The molecule has 3 aromatic carbocycles. The van der Waals surface area contributed by atoms with Crippen molar-refractivity contribution in [3.05, 3.63) is 107 Å². The summed E-state index contributed by atoms with van der Waals surface area (Å²) in [6.07, 6.45) is -2.01. The molecule has 34 heavy (non-hydrogen) atoms. The van der Waals surface area contributed by atoms with E-state index in [2.05, 4.69) is 10.2 Å². The third kappa shape index (κ3) is 3.79. The fraction of sp³-hybridized carbons (Fsp3) is 0.154. The molecule has 0 bridgehead atoms. The molecule has 0 fully saturated rings. The smallest absolute Gasteiger partial charge is 0.409 e. The highest BCUT2D eigenvalue weighted by molar-refractivity contribution is 6.15. The fourth-order valence-corrected chi connectivity index (χ4v) is 4.19. The third-order valence-electron chi connectivity index (χ3n) is 5.82. The van der Waals surface area contributed by atoms with Gasteiger partial charge >= 0.3 is 6.09 Å². The highest BCUT2D eigenvalue weighted by Gasteiger charge is 2.34. The van der Waals surface area contributed by atoms with E-state index in [-0.39, 0.29) is 6.54 Å². The molecule has 0 spiro atoms. The SMILES string of the molecule is COc1ccc2c(c1)C(c1ccccc1)=NC(N(Cc1ccccc1)C(=O)O)c1nnc(C)n1-2. The van der Waals surface area contributed by atoms with Crippen molar-refractivity contribution in [2.45, 2.75) is 19.6 Å². The van der Waals surface area contributed by atoms with Gasteiger partial charge in [0.25, 0.3) is 0 Å². The van der Waals surface area contributed by atoms with Gasteiger partial charge in [0.1, 0.15) is 11.6 Å². The van der Waals surface area contributed by atoms with Crippen molar-refractivity contribution < 1.29 is 14.6 Å². The number of ether oxygens (including phenoxy) is 1. The Kier molecular flexibility index (Phi) is 5.55. The average molecular weight is 454 g/mol. The Balaban J connectivity index is 1.76. The first-order chi connectivity index (χ1) is 16.6. The molecule has 1 aromatic heterocycles. The van der Waals surface area contributed by atoms with Gasteiger partial charge in [-0.1, -0.05) is 60.7 Å². The van der Waals surface area contributed by atoms with Gasteiger partial charge in [0.15, 0.2) is 12.0 Å². The lowest BCUT2D eigenvalue weighted by Gasteiger charge is -2.26. The van der Waals surface area contributed by atoms with E-state index >= 15 is 0 Å². The highest BCUT2D eigenvalue weighted by atomic mass is 16.5. The van der Waals surface area contributed by atoms with Crippen LogP contribution >= 0.6 is 0 Å². The van der Waals surface area contributed by atoms with Crippen molar-refractivity contribution >= 4 is 11.8 Å². The molecule has 1 unspecified atom stereocenters. The highest BCUT2D eigenvalue weighted by Crippen LogP contribution is 2.35. The number of carboxylic acid groups (broad SMARTS) is 1. The van der Waals surface area contributed by atoms with E-state index in [1.54, 1.807) is 7.11 Å². The molecule has 1 aliphatic heterocycles. The quantitative estimate of drug-likeness (QED) is 0.476. The lowest BCUT2D eigenvalue weighted by molar-refractivity contribution is 0.119. The fourth-order valence-electron chi connectivity index (χ4n) is 4.19. The number of fused-ring (bicyclic) bond motifs is 3. The summed E-state index contributed by atoms with van der Waals surface area (Å²) in [5.74, 6) is 1.75. The van der Waals surface area contributed by atoms with E-state index in [4.69, 9.17) is 9.73 Å². The monoisotopic (exact) mass is 453 g/mol. The van der Waals surface area contributed by atoms with Gasteiger partial charge in [0.05, 0.1) is 25.1 Å². The molecule has 4 aromatic rings. The minimum absolute atomic E-state index is 0.151. The molecule has 1 aliphatic rings. The van der Waals surface area contributed by atoms with Crippen LogP contribution in [0.1, 0.15) is 34.5 Å². The zero-order valence-corrected chi connectivity index (χ0v) is 18.8. The van der Waals surface area contributed by atoms with Gasteiger partial charge in [0, 0.05) is 11.1 Å². The Hall–Kier alpha value is -4.46. The zero-order valence-electron chi connectivity index (χ0n) is 18.8. The number of carbonyl (C=O) groups is 1. The first-order valence-corrected chi connectivity index (χ1v) is 10.8. The summed E-state index contributed by atoms with van der Waals surface area (Å²) >= 11 is 0. The molecule has 1 N–H and O–H groups in total. The Morgan fingerprint density at radius 2 is 1.74 bits per heavy atom. The number of aryl methyl sites for hydroxylation is 1. The van der Waals surface area contributed by atoms with E-state index < -0.39 is 12.3 Å². The van der Waals surface area contributed by atoms with Crippen molar-refractivity contribution in [1.29, 1.82) is 0 Å². The molecule has 0 aliphatic carbocycles. The van der Waals surface area contributed by atoms with Gasteiger partial charge in [-0.3, -0.25) is 14.5 Å². The number of nitrogens with zero attached hydrogens (tertiary/aromatic N) is 5. The zero-order chi connectivity index (χ0) is 23.7. The second-order valence-corrected chi connectivity index (χ2v) is 7.94. The number of aliphatic imine (C=N–C) groups is 1. The first kappa shape index (κ1) is 21.4. The van der Waals surface area contributed by atoms with Crippen LogP contribution < -0.4 is 4.74 Å². The Morgan fingerprint density at radius 3 is 2.41 bits per heavy atom. The van der Waals surface area contributed by atoms with E-state index in [9.17, 15) is 9.90 Å². The van der Waals surface area contributed by atoms with Crippen LogP contribution in [0.2, 0.25) is 0 Å². The molecule has 5 rings (SSSR count). The number of rotatable bonds is 5. The van der Waals surface area contributed by atoms with Crippen LogP contribution in [0.15, 0.2) is 83.9 Å². The van der Waals surface area contributed by atoms with Crippen LogP contribution in [0.4, 0.5) is 4.79 Å². The minimum Gasteiger partial charge on any atom is -0.497 e. The summed E-state index contributed by atoms with van der Waals surface area (Å²) in [6, 6.07) is 24.9. The van der Waals surface area contributed by atoms with Crippen molar-refractivity contribution in [2.24, 2.45) is 4.99 Å².